The Balaban J connectivity index is 2.15. The van der Waals surface area contributed by atoms with Crippen molar-refractivity contribution in [3.8, 4) is 0 Å². The smallest absolute Gasteiger partial charge is 0.154 e. The summed E-state index contributed by atoms with van der Waals surface area (Å²) in [5.41, 5.74) is 0.438. The van der Waals surface area contributed by atoms with Gasteiger partial charge >= 0.3 is 0 Å². The Morgan fingerprint density at radius 2 is 2.25 bits per heavy atom. The SMILES string of the molecule is CCc1nc(C2CC2(C)C)n[nH]1. The fraction of sp³-hybridized carbons (Fsp3) is 0.778. The van der Waals surface area contributed by atoms with Gasteiger partial charge in [-0.15, -0.1) is 0 Å². The molecule has 1 unspecified atom stereocenters. The molecule has 1 aliphatic rings. The topological polar surface area (TPSA) is 41.6 Å². The molecule has 0 saturated heterocycles. The minimum Gasteiger partial charge on any atom is -0.263 e. The van der Waals surface area contributed by atoms with Crippen LogP contribution in [0.4, 0.5) is 0 Å². The van der Waals surface area contributed by atoms with E-state index >= 15 is 0 Å². The normalized spacial score (nSPS) is 25.8. The molecule has 0 aromatic carbocycles. The van der Waals surface area contributed by atoms with Gasteiger partial charge in [0.05, 0.1) is 0 Å². The molecule has 0 aliphatic heterocycles. The van der Waals surface area contributed by atoms with Crippen molar-refractivity contribution in [2.75, 3.05) is 0 Å². The van der Waals surface area contributed by atoms with E-state index in [-0.39, 0.29) is 0 Å². The first kappa shape index (κ1) is 7.77. The van der Waals surface area contributed by atoms with E-state index in [0.717, 1.165) is 18.1 Å². The molecule has 3 heteroatoms. The molecule has 1 atom stereocenters. The summed E-state index contributed by atoms with van der Waals surface area (Å²) >= 11 is 0. The van der Waals surface area contributed by atoms with Crippen molar-refractivity contribution in [1.82, 2.24) is 15.2 Å². The van der Waals surface area contributed by atoms with Crippen LogP contribution in [0.3, 0.4) is 0 Å². The molecular weight excluding hydrogens is 150 g/mol. The van der Waals surface area contributed by atoms with Crippen LogP contribution in [0.5, 0.6) is 0 Å². The van der Waals surface area contributed by atoms with Gasteiger partial charge in [-0.25, -0.2) is 4.98 Å². The third-order valence-corrected chi connectivity index (χ3v) is 2.71. The lowest BCUT2D eigenvalue weighted by Gasteiger charge is -1.96. The van der Waals surface area contributed by atoms with Crippen molar-refractivity contribution < 1.29 is 0 Å². The highest BCUT2D eigenvalue weighted by atomic mass is 15.2. The van der Waals surface area contributed by atoms with Crippen LogP contribution in [0, 0.1) is 5.41 Å². The molecule has 0 amide bonds. The maximum atomic E-state index is 4.42. The average molecular weight is 165 g/mol. The molecule has 1 fully saturated rings. The third-order valence-electron chi connectivity index (χ3n) is 2.71. The van der Waals surface area contributed by atoms with E-state index in [1.165, 1.54) is 6.42 Å². The number of hydrogen-bond donors (Lipinski definition) is 1. The van der Waals surface area contributed by atoms with Crippen LogP contribution in [0.25, 0.3) is 0 Å². The number of H-pyrrole nitrogens is 1. The van der Waals surface area contributed by atoms with Crippen LogP contribution < -0.4 is 0 Å². The number of aromatic nitrogens is 3. The highest BCUT2D eigenvalue weighted by Gasteiger charge is 2.48. The minimum absolute atomic E-state index is 0.438. The van der Waals surface area contributed by atoms with E-state index in [9.17, 15) is 0 Å². The van der Waals surface area contributed by atoms with Crippen LogP contribution in [0.1, 0.15) is 44.8 Å². The Bertz CT molecular complexity index is 288. The van der Waals surface area contributed by atoms with Gasteiger partial charge < -0.3 is 0 Å². The Hall–Kier alpha value is -0.860. The standard InChI is InChI=1S/C9H15N3/c1-4-7-10-8(12-11-7)6-5-9(6,2)3/h6H,4-5H2,1-3H3,(H,10,11,12). The molecule has 0 spiro atoms. The number of aryl methyl sites for hydroxylation is 1. The Morgan fingerprint density at radius 1 is 1.58 bits per heavy atom. The number of nitrogens with zero attached hydrogens (tertiary/aromatic N) is 2. The quantitative estimate of drug-likeness (QED) is 0.727. The molecule has 0 radical (unpaired) electrons. The highest BCUT2D eigenvalue weighted by molar-refractivity contribution is 5.14. The number of nitrogens with one attached hydrogen (secondary N) is 1. The number of aromatic amines is 1. The molecule has 1 heterocycles. The first-order valence-corrected chi connectivity index (χ1v) is 4.54. The molecule has 1 aromatic rings. The van der Waals surface area contributed by atoms with Gasteiger partial charge in [0.25, 0.3) is 0 Å². The van der Waals surface area contributed by atoms with Crippen LogP contribution in [-0.4, -0.2) is 15.2 Å². The fourth-order valence-electron chi connectivity index (χ4n) is 1.53. The zero-order valence-electron chi connectivity index (χ0n) is 7.89. The Kier molecular flexibility index (Phi) is 1.50. The summed E-state index contributed by atoms with van der Waals surface area (Å²) in [7, 11) is 0. The second-order valence-corrected chi connectivity index (χ2v) is 4.24. The lowest BCUT2D eigenvalue weighted by molar-refractivity contribution is 0.609. The largest absolute Gasteiger partial charge is 0.263 e. The summed E-state index contributed by atoms with van der Waals surface area (Å²) in [6, 6.07) is 0. The van der Waals surface area contributed by atoms with E-state index in [4.69, 9.17) is 0 Å². The molecule has 0 bridgehead atoms. The van der Waals surface area contributed by atoms with Gasteiger partial charge in [-0.3, -0.25) is 5.10 Å². The monoisotopic (exact) mass is 165 g/mol. The van der Waals surface area contributed by atoms with Crippen molar-refractivity contribution in [2.45, 2.75) is 39.5 Å². The number of rotatable bonds is 2. The molecule has 1 aromatic heterocycles. The average Bonchev–Trinajstić information content (AvgIpc) is 2.52. The first-order chi connectivity index (χ1) is 5.63. The fourth-order valence-corrected chi connectivity index (χ4v) is 1.53. The summed E-state index contributed by atoms with van der Waals surface area (Å²) in [5.74, 6) is 2.61. The molecule has 3 nitrogen and oxygen atoms in total. The minimum atomic E-state index is 0.438. The Morgan fingerprint density at radius 3 is 2.67 bits per heavy atom. The summed E-state index contributed by atoms with van der Waals surface area (Å²) in [4.78, 5) is 4.42. The van der Waals surface area contributed by atoms with Gasteiger partial charge in [-0.2, -0.15) is 5.10 Å². The number of hydrogen-bond acceptors (Lipinski definition) is 2. The van der Waals surface area contributed by atoms with Gasteiger partial charge in [0, 0.05) is 12.3 Å². The highest BCUT2D eigenvalue weighted by Crippen LogP contribution is 2.57. The van der Waals surface area contributed by atoms with Crippen molar-refractivity contribution in [2.24, 2.45) is 5.41 Å². The van der Waals surface area contributed by atoms with Crippen LogP contribution >= 0.6 is 0 Å². The van der Waals surface area contributed by atoms with Crippen molar-refractivity contribution >= 4 is 0 Å². The van der Waals surface area contributed by atoms with Crippen molar-refractivity contribution in [1.29, 1.82) is 0 Å². The maximum Gasteiger partial charge on any atom is 0.154 e. The zero-order valence-corrected chi connectivity index (χ0v) is 7.89. The lowest BCUT2D eigenvalue weighted by Crippen LogP contribution is -1.92. The van der Waals surface area contributed by atoms with E-state index in [2.05, 4.69) is 36.0 Å². The second kappa shape index (κ2) is 2.31. The summed E-state index contributed by atoms with van der Waals surface area (Å²) in [5, 5.41) is 7.16. The molecule has 12 heavy (non-hydrogen) atoms. The van der Waals surface area contributed by atoms with Crippen molar-refractivity contribution in [3.63, 3.8) is 0 Å². The predicted octanol–water partition coefficient (Wildman–Crippen LogP) is 1.88. The van der Waals surface area contributed by atoms with Gasteiger partial charge in [0.15, 0.2) is 5.82 Å². The Labute approximate surface area is 72.6 Å². The van der Waals surface area contributed by atoms with E-state index in [0.29, 0.717) is 11.3 Å². The van der Waals surface area contributed by atoms with Crippen LogP contribution in [0.2, 0.25) is 0 Å². The van der Waals surface area contributed by atoms with Crippen molar-refractivity contribution in [3.05, 3.63) is 11.6 Å². The van der Waals surface area contributed by atoms with Crippen LogP contribution in [-0.2, 0) is 6.42 Å². The second-order valence-electron chi connectivity index (χ2n) is 4.24. The summed E-state index contributed by atoms with van der Waals surface area (Å²) in [6.07, 6.45) is 2.17. The van der Waals surface area contributed by atoms with Crippen LogP contribution in [0.15, 0.2) is 0 Å². The molecule has 2 rings (SSSR count). The zero-order chi connectivity index (χ0) is 8.77. The molecule has 1 aliphatic carbocycles. The van der Waals surface area contributed by atoms with Gasteiger partial charge in [-0.1, -0.05) is 20.8 Å². The molecule has 1 N–H and O–H groups in total. The van der Waals surface area contributed by atoms with E-state index in [1.54, 1.807) is 0 Å². The lowest BCUT2D eigenvalue weighted by atomic mass is 10.1. The third kappa shape index (κ3) is 1.13. The summed E-state index contributed by atoms with van der Waals surface area (Å²) < 4.78 is 0. The van der Waals surface area contributed by atoms with Gasteiger partial charge in [0.1, 0.15) is 5.82 Å². The molecule has 1 saturated carbocycles. The first-order valence-electron chi connectivity index (χ1n) is 4.54. The molecule has 66 valence electrons. The maximum absolute atomic E-state index is 4.42. The molecular formula is C9H15N3. The summed E-state index contributed by atoms with van der Waals surface area (Å²) in [6.45, 7) is 6.61. The van der Waals surface area contributed by atoms with E-state index in [1.807, 2.05) is 0 Å². The van der Waals surface area contributed by atoms with Gasteiger partial charge in [0.2, 0.25) is 0 Å². The predicted molar refractivity (Wildman–Crippen MR) is 46.9 cm³/mol. The van der Waals surface area contributed by atoms with Gasteiger partial charge in [-0.05, 0) is 11.8 Å². The van der Waals surface area contributed by atoms with E-state index < -0.39 is 0 Å².